The van der Waals surface area contributed by atoms with Crippen molar-refractivity contribution in [3.8, 4) is 11.8 Å². The largest absolute Gasteiger partial charge is 0.378 e. The Labute approximate surface area is 508 Å². The minimum absolute atomic E-state index is 0.200. The van der Waals surface area contributed by atoms with Crippen LogP contribution in [-0.4, -0.2) is 219 Å². The molecule has 27 heteroatoms. The van der Waals surface area contributed by atoms with E-state index < -0.39 is 39.8 Å². The zero-order valence-corrected chi connectivity index (χ0v) is 51.6. The number of anilines is 1. The molecule has 0 spiro atoms. The Hall–Kier alpha value is -5.77. The molecule has 3 aromatic rings. The first kappa shape index (κ1) is 72.7. The molecule has 481 valence electrons. The molecule has 86 heavy (non-hydrogen) atoms. The van der Waals surface area contributed by atoms with Gasteiger partial charge in [0.05, 0.1) is 124 Å². The van der Waals surface area contributed by atoms with Crippen LogP contribution in [0.2, 0.25) is 0 Å². The van der Waals surface area contributed by atoms with Crippen molar-refractivity contribution in [1.82, 2.24) is 51.1 Å². The molecule has 2 atom stereocenters. The SMILES string of the molecule is [CH2]c1ccc(NC(=O)[C@H](CCCNC(N)=O)NC(=O)[C@@H](NC(=O)CCCC2CCN(CCOCCOCCOCCOCCOCCOCCOCCOCCn3cc(CNCCCCC#Cc4cnc(S(C)(=O)=O)nc4)nn3)CC2)C(C)C)cc1. The molecule has 5 amide bonds. The fraction of sp³-hybridized carbons (Fsp3) is 0.678. The molecular weight excluding hydrogens is 1130 g/mol. The summed E-state index contributed by atoms with van der Waals surface area (Å²) in [5.41, 5.74) is 7.97. The molecule has 2 aromatic heterocycles. The molecule has 1 fully saturated rings. The summed E-state index contributed by atoms with van der Waals surface area (Å²) in [4.78, 5) is 61.1. The number of benzene rings is 1. The molecule has 26 nitrogen and oxygen atoms in total. The van der Waals surface area contributed by atoms with Gasteiger partial charge in [0.25, 0.3) is 0 Å². The molecule has 1 aromatic carbocycles. The number of aromatic nitrogens is 5. The summed E-state index contributed by atoms with van der Waals surface area (Å²) >= 11 is 0. The highest BCUT2D eigenvalue weighted by Gasteiger charge is 2.29. The quantitative estimate of drug-likeness (QED) is 0.0269. The number of urea groups is 1. The number of hydrogen-bond acceptors (Lipinski definition) is 20. The Morgan fingerprint density at radius 1 is 0.721 bits per heavy atom. The molecular formula is C59H95N12O14S. The fourth-order valence-corrected chi connectivity index (χ4v) is 9.12. The predicted octanol–water partition coefficient (Wildman–Crippen LogP) is 2.69. The van der Waals surface area contributed by atoms with Gasteiger partial charge in [-0.05, 0) is 107 Å². The van der Waals surface area contributed by atoms with E-state index in [0.717, 1.165) is 82.2 Å². The van der Waals surface area contributed by atoms with Gasteiger partial charge in [-0.15, -0.1) is 5.10 Å². The number of amides is 5. The zero-order chi connectivity index (χ0) is 61.9. The molecule has 0 bridgehead atoms. The Morgan fingerprint density at radius 2 is 1.28 bits per heavy atom. The molecule has 0 unspecified atom stereocenters. The Morgan fingerprint density at radius 3 is 1.83 bits per heavy atom. The van der Waals surface area contributed by atoms with Gasteiger partial charge in [-0.3, -0.25) is 14.4 Å². The van der Waals surface area contributed by atoms with Gasteiger partial charge in [-0.2, -0.15) is 0 Å². The summed E-state index contributed by atoms with van der Waals surface area (Å²) in [7, 11) is -3.42. The molecule has 7 N–H and O–H groups in total. The van der Waals surface area contributed by atoms with E-state index in [9.17, 15) is 27.6 Å². The fourth-order valence-electron chi connectivity index (χ4n) is 8.63. The molecule has 1 aliphatic heterocycles. The molecule has 1 aliphatic rings. The van der Waals surface area contributed by atoms with Crippen LogP contribution in [0.4, 0.5) is 10.5 Å². The number of nitrogens with zero attached hydrogens (tertiary/aromatic N) is 6. The van der Waals surface area contributed by atoms with Gasteiger partial charge < -0.3 is 75.1 Å². The maximum Gasteiger partial charge on any atom is 0.312 e. The number of nitrogens with one attached hydrogen (secondary N) is 5. The summed E-state index contributed by atoms with van der Waals surface area (Å²) in [5.74, 6) is 5.28. The lowest BCUT2D eigenvalue weighted by Gasteiger charge is -2.31. The monoisotopic (exact) mass is 1230 g/mol. The summed E-state index contributed by atoms with van der Waals surface area (Å²) in [6.07, 6.45) is 13.1. The van der Waals surface area contributed by atoms with Crippen LogP contribution in [0.15, 0.2) is 48.0 Å². The third kappa shape index (κ3) is 34.5. The third-order valence-electron chi connectivity index (χ3n) is 13.4. The van der Waals surface area contributed by atoms with E-state index in [1.165, 1.54) is 12.4 Å². The van der Waals surface area contributed by atoms with E-state index in [0.29, 0.717) is 155 Å². The normalized spacial score (nSPS) is 13.7. The van der Waals surface area contributed by atoms with Crippen LogP contribution in [0.25, 0.3) is 0 Å². The number of unbranched alkanes of at least 4 members (excludes halogenated alkanes) is 2. The zero-order valence-electron chi connectivity index (χ0n) is 50.8. The van der Waals surface area contributed by atoms with Crippen molar-refractivity contribution >= 4 is 39.3 Å². The number of sulfone groups is 1. The smallest absolute Gasteiger partial charge is 0.312 e. The van der Waals surface area contributed by atoms with Crippen molar-refractivity contribution < 1.29 is 65.5 Å². The second-order valence-electron chi connectivity index (χ2n) is 21.0. The summed E-state index contributed by atoms with van der Waals surface area (Å²) < 4.78 is 69.6. The van der Waals surface area contributed by atoms with Gasteiger partial charge in [0.2, 0.25) is 32.7 Å². The number of carbonyl (C=O) groups excluding carboxylic acids is 4. The summed E-state index contributed by atoms with van der Waals surface area (Å²) in [6, 6.07) is 4.59. The standard InChI is InChI=1S/C59H95N12O14S/c1-47(2)55(57(74)66-53(13-10-22-62-58(60)75)56(73)65-51-17-15-48(3)16-18-51)67-54(72)14-9-12-49-19-23-70(24-20-49)25-27-78-29-31-80-33-35-82-37-39-84-41-42-85-40-38-83-36-34-81-32-30-79-28-26-71-46-52(68-69-71)45-61-21-8-6-5-7-11-50-43-63-59(64-44-50)86(4,76)77/h15-18,43-44,46-47,49,53,55,61H,3,5-6,8-10,12-14,19-42,45H2,1-2,4H3,(H,65,73)(H,66,74)(H,67,72)(H3,60,62,75)/t53-,55-/m0/s1. The number of rotatable bonds is 48. The summed E-state index contributed by atoms with van der Waals surface area (Å²) in [6.45, 7) is 20.4. The molecule has 0 saturated carbocycles. The molecule has 3 heterocycles. The Balaban J connectivity index is 0.849. The molecule has 1 radical (unpaired) electrons. The van der Waals surface area contributed by atoms with E-state index in [1.807, 2.05) is 20.0 Å². The van der Waals surface area contributed by atoms with Crippen LogP contribution < -0.4 is 32.3 Å². The van der Waals surface area contributed by atoms with Gasteiger partial charge in [-0.25, -0.2) is 27.9 Å². The maximum absolute atomic E-state index is 13.5. The minimum atomic E-state index is -3.42. The van der Waals surface area contributed by atoms with Crippen molar-refractivity contribution in [3.63, 3.8) is 0 Å². The molecule has 1 saturated heterocycles. The van der Waals surface area contributed by atoms with Crippen molar-refractivity contribution in [2.45, 2.75) is 108 Å². The second kappa shape index (κ2) is 44.6. The summed E-state index contributed by atoms with van der Waals surface area (Å²) in [5, 5.41) is 22.6. The van der Waals surface area contributed by atoms with Crippen LogP contribution in [0.5, 0.6) is 0 Å². The molecule has 4 rings (SSSR count). The number of nitrogens with two attached hydrogens (primary N) is 1. The Kier molecular flexibility index (Phi) is 37.7. The first-order chi connectivity index (χ1) is 41.7. The second-order valence-corrected chi connectivity index (χ2v) is 22.9. The lowest BCUT2D eigenvalue weighted by molar-refractivity contribution is -0.132. The maximum atomic E-state index is 13.5. The highest BCUT2D eigenvalue weighted by atomic mass is 32.2. The average Bonchev–Trinajstić information content (AvgIpc) is 4.10. The van der Waals surface area contributed by atoms with Gasteiger partial charge in [0.15, 0.2) is 0 Å². The van der Waals surface area contributed by atoms with Crippen LogP contribution in [0, 0.1) is 30.6 Å². The van der Waals surface area contributed by atoms with Crippen molar-refractivity contribution in [1.29, 1.82) is 0 Å². The molecule has 0 aliphatic carbocycles. The average molecular weight is 1230 g/mol. The highest BCUT2D eigenvalue weighted by Crippen LogP contribution is 2.23. The van der Waals surface area contributed by atoms with E-state index in [1.54, 1.807) is 28.9 Å². The number of hydrogen-bond donors (Lipinski definition) is 6. The van der Waals surface area contributed by atoms with Crippen LogP contribution >= 0.6 is 0 Å². The third-order valence-corrected chi connectivity index (χ3v) is 14.3. The number of piperidine rings is 1. The van der Waals surface area contributed by atoms with Crippen molar-refractivity contribution in [2.24, 2.45) is 17.6 Å². The van der Waals surface area contributed by atoms with Gasteiger partial charge in [0.1, 0.15) is 12.1 Å². The lowest BCUT2D eigenvalue weighted by atomic mass is 9.91. The number of likely N-dealkylation sites (tertiary alicyclic amines) is 1. The Bertz CT molecular complexity index is 2510. The topological polar surface area (TPSA) is 322 Å². The van der Waals surface area contributed by atoms with E-state index in [2.05, 4.69) is 70.5 Å². The lowest BCUT2D eigenvalue weighted by Crippen LogP contribution is -2.54. The van der Waals surface area contributed by atoms with Gasteiger partial charge in [0, 0.05) is 63.0 Å². The minimum Gasteiger partial charge on any atom is -0.378 e. The van der Waals surface area contributed by atoms with Crippen LogP contribution in [-0.2, 0) is 75.2 Å². The number of carbonyl (C=O) groups is 4. The van der Waals surface area contributed by atoms with Crippen LogP contribution in [0.1, 0.15) is 94.9 Å². The predicted molar refractivity (Wildman–Crippen MR) is 322 cm³/mol. The van der Waals surface area contributed by atoms with Crippen molar-refractivity contribution in [3.05, 3.63) is 66.6 Å². The van der Waals surface area contributed by atoms with Crippen molar-refractivity contribution in [2.75, 3.05) is 150 Å². The van der Waals surface area contributed by atoms with E-state index in [-0.39, 0.29) is 29.9 Å². The van der Waals surface area contributed by atoms with E-state index >= 15 is 0 Å². The van der Waals surface area contributed by atoms with Crippen LogP contribution in [0.3, 0.4) is 0 Å². The van der Waals surface area contributed by atoms with Gasteiger partial charge in [-0.1, -0.05) is 43.0 Å². The van der Waals surface area contributed by atoms with E-state index in [4.69, 9.17) is 43.6 Å². The van der Waals surface area contributed by atoms with Gasteiger partial charge >= 0.3 is 6.03 Å². The first-order valence-electron chi connectivity index (χ1n) is 30.0. The number of primary amides is 1. The first-order valence-corrected chi connectivity index (χ1v) is 31.9. The number of ether oxygens (including phenoxy) is 8. The highest BCUT2D eigenvalue weighted by molar-refractivity contribution is 7.90.